The van der Waals surface area contributed by atoms with E-state index in [0.717, 1.165) is 5.56 Å². The van der Waals surface area contributed by atoms with Crippen LogP contribution in [-0.2, 0) is 27.4 Å². The predicted octanol–water partition coefficient (Wildman–Crippen LogP) is 0.955. The Morgan fingerprint density at radius 3 is 2.71 bits per heavy atom. The Morgan fingerprint density at radius 2 is 2.00 bits per heavy atom. The van der Waals surface area contributed by atoms with Crippen molar-refractivity contribution in [3.63, 3.8) is 0 Å². The quantitative estimate of drug-likeness (QED) is 0.689. The third-order valence-electron chi connectivity index (χ3n) is 6.19. The Bertz CT molecular complexity index is 1060. The molecule has 0 saturated carbocycles. The van der Waals surface area contributed by atoms with Crippen LogP contribution in [0.5, 0.6) is 0 Å². The van der Waals surface area contributed by atoms with Crippen molar-refractivity contribution in [3.8, 4) is 0 Å². The lowest BCUT2D eigenvalue weighted by atomic mass is 9.88. The average Bonchev–Trinajstić information content (AvgIpc) is 3.28. The van der Waals surface area contributed by atoms with Crippen LogP contribution in [0, 0.1) is 11.8 Å². The third-order valence-corrected chi connectivity index (χ3v) is 6.56. The number of methoxy groups -OCH3 is 1. The number of pyridine rings is 1. The molecule has 0 unspecified atom stereocenters. The van der Waals surface area contributed by atoms with Crippen molar-refractivity contribution in [2.75, 3.05) is 20.3 Å². The number of carbonyl (C=O) groups is 2. The number of aliphatic hydroxyl groups is 1. The maximum absolute atomic E-state index is 13.3. The minimum absolute atomic E-state index is 0.164. The SMILES string of the molecule is COCC(=O)N1[C@@H]2c3cccc(=O)n3C[C@@H]2[C@@H](CO)[C@@H]1C(=O)NCc1ccccc1Cl. The molecule has 0 spiro atoms. The van der Waals surface area contributed by atoms with Gasteiger partial charge in [-0.25, -0.2) is 0 Å². The fourth-order valence-electron chi connectivity index (χ4n) is 4.84. The summed E-state index contributed by atoms with van der Waals surface area (Å²) in [4.78, 5) is 40.1. The molecule has 2 N–H and O–H groups in total. The molecule has 3 heterocycles. The van der Waals surface area contributed by atoms with E-state index in [0.29, 0.717) is 17.3 Å². The molecule has 4 rings (SSSR count). The summed E-state index contributed by atoms with van der Waals surface area (Å²) in [5.41, 5.74) is 1.26. The lowest BCUT2D eigenvalue weighted by molar-refractivity contribution is -0.144. The summed E-state index contributed by atoms with van der Waals surface area (Å²) < 4.78 is 6.66. The average molecular weight is 446 g/mol. The van der Waals surface area contributed by atoms with Gasteiger partial charge in [-0.15, -0.1) is 0 Å². The Morgan fingerprint density at radius 1 is 1.23 bits per heavy atom. The summed E-state index contributed by atoms with van der Waals surface area (Å²) >= 11 is 6.19. The van der Waals surface area contributed by atoms with Crippen molar-refractivity contribution >= 4 is 23.4 Å². The lowest BCUT2D eigenvalue weighted by Gasteiger charge is -2.30. The van der Waals surface area contributed by atoms with E-state index in [1.165, 1.54) is 18.1 Å². The van der Waals surface area contributed by atoms with Gasteiger partial charge >= 0.3 is 0 Å². The highest BCUT2D eigenvalue weighted by molar-refractivity contribution is 6.31. The first-order valence-electron chi connectivity index (χ1n) is 10.1. The maximum Gasteiger partial charge on any atom is 0.250 e. The molecule has 2 aliphatic heterocycles. The van der Waals surface area contributed by atoms with Crippen molar-refractivity contribution in [3.05, 3.63) is 69.1 Å². The molecule has 0 radical (unpaired) electrons. The monoisotopic (exact) mass is 445 g/mol. The topological polar surface area (TPSA) is 101 Å². The van der Waals surface area contributed by atoms with E-state index in [1.807, 2.05) is 12.1 Å². The fraction of sp³-hybridized carbons (Fsp3) is 0.409. The van der Waals surface area contributed by atoms with E-state index >= 15 is 0 Å². The molecule has 2 aromatic rings. The van der Waals surface area contributed by atoms with Crippen LogP contribution >= 0.6 is 11.6 Å². The molecule has 1 aromatic heterocycles. The number of nitrogens with zero attached hydrogens (tertiary/aromatic N) is 2. The lowest BCUT2D eigenvalue weighted by Crippen LogP contribution is -2.51. The Labute approximate surface area is 184 Å². The summed E-state index contributed by atoms with van der Waals surface area (Å²) in [6.07, 6.45) is 0. The number of amides is 2. The van der Waals surface area contributed by atoms with Crippen molar-refractivity contribution in [1.82, 2.24) is 14.8 Å². The number of carbonyl (C=O) groups excluding carboxylic acids is 2. The smallest absolute Gasteiger partial charge is 0.250 e. The molecule has 31 heavy (non-hydrogen) atoms. The second kappa shape index (κ2) is 8.82. The van der Waals surface area contributed by atoms with Gasteiger partial charge in [-0.05, 0) is 17.7 Å². The molecule has 1 fully saturated rings. The molecule has 2 amide bonds. The molecule has 1 aromatic carbocycles. The summed E-state index contributed by atoms with van der Waals surface area (Å²) in [6.45, 7) is 0.0539. The van der Waals surface area contributed by atoms with Crippen LogP contribution in [0.25, 0.3) is 0 Å². The molecular formula is C22H24ClN3O5. The standard InChI is InChI=1S/C22H24ClN3O5/c1-31-12-19(29)26-20-14(10-25-17(20)7-4-8-18(25)28)15(11-27)21(26)22(30)24-9-13-5-2-3-6-16(13)23/h2-8,14-15,20-21,27H,9-12H2,1H3,(H,24,30)/t14-,15-,20+,21-/m1/s1. The van der Waals surface area contributed by atoms with Crippen LogP contribution < -0.4 is 10.9 Å². The van der Waals surface area contributed by atoms with Gasteiger partial charge in [0.05, 0.1) is 6.04 Å². The molecule has 2 aliphatic rings. The Kier molecular flexibility index (Phi) is 6.13. The van der Waals surface area contributed by atoms with Gasteiger partial charge in [-0.3, -0.25) is 14.4 Å². The molecule has 0 aliphatic carbocycles. The van der Waals surface area contributed by atoms with Gasteiger partial charge in [0.1, 0.15) is 12.6 Å². The minimum atomic E-state index is -0.880. The Hall–Kier alpha value is -2.68. The first-order valence-corrected chi connectivity index (χ1v) is 10.5. The van der Waals surface area contributed by atoms with Gasteiger partial charge < -0.3 is 24.6 Å². The van der Waals surface area contributed by atoms with Crippen LogP contribution in [0.3, 0.4) is 0 Å². The van der Waals surface area contributed by atoms with Crippen LogP contribution in [0.2, 0.25) is 5.02 Å². The van der Waals surface area contributed by atoms with Gasteiger partial charge in [0, 0.05) is 55.4 Å². The number of halogens is 1. The van der Waals surface area contributed by atoms with Gasteiger partial charge in [-0.1, -0.05) is 35.9 Å². The van der Waals surface area contributed by atoms with Crippen molar-refractivity contribution < 1.29 is 19.4 Å². The van der Waals surface area contributed by atoms with Gasteiger partial charge in [0.15, 0.2) is 0 Å². The predicted molar refractivity (Wildman–Crippen MR) is 113 cm³/mol. The number of aromatic nitrogens is 1. The maximum atomic E-state index is 13.3. The zero-order chi connectivity index (χ0) is 22.1. The second-order valence-corrected chi connectivity index (χ2v) is 8.25. The van der Waals surface area contributed by atoms with Gasteiger partial charge in [0.25, 0.3) is 5.56 Å². The summed E-state index contributed by atoms with van der Waals surface area (Å²) in [6, 6.07) is 10.7. The molecule has 0 bridgehead atoms. The van der Waals surface area contributed by atoms with E-state index in [-0.39, 0.29) is 43.1 Å². The fourth-order valence-corrected chi connectivity index (χ4v) is 5.05. The van der Waals surface area contributed by atoms with Crippen molar-refractivity contribution in [1.29, 1.82) is 0 Å². The largest absolute Gasteiger partial charge is 0.396 e. The van der Waals surface area contributed by atoms with Crippen LogP contribution in [-0.4, -0.2) is 52.8 Å². The van der Waals surface area contributed by atoms with E-state index in [4.69, 9.17) is 16.3 Å². The minimum Gasteiger partial charge on any atom is -0.396 e. The van der Waals surface area contributed by atoms with Crippen molar-refractivity contribution in [2.45, 2.75) is 25.2 Å². The van der Waals surface area contributed by atoms with Gasteiger partial charge in [0.2, 0.25) is 11.8 Å². The third kappa shape index (κ3) is 3.75. The first-order chi connectivity index (χ1) is 15.0. The van der Waals surface area contributed by atoms with Gasteiger partial charge in [-0.2, -0.15) is 0 Å². The summed E-state index contributed by atoms with van der Waals surface area (Å²) in [5, 5.41) is 13.6. The number of hydrogen-bond acceptors (Lipinski definition) is 5. The normalized spacial score (nSPS) is 24.0. The highest BCUT2D eigenvalue weighted by atomic mass is 35.5. The molecule has 4 atom stereocenters. The molecule has 9 heteroatoms. The van der Waals surface area contributed by atoms with E-state index in [9.17, 15) is 19.5 Å². The number of likely N-dealkylation sites (tertiary alicyclic amines) is 1. The summed E-state index contributed by atoms with van der Waals surface area (Å²) in [7, 11) is 1.41. The molecular weight excluding hydrogens is 422 g/mol. The zero-order valence-electron chi connectivity index (χ0n) is 17.0. The Balaban J connectivity index is 1.67. The molecule has 164 valence electrons. The number of nitrogens with one attached hydrogen (secondary N) is 1. The molecule has 1 saturated heterocycles. The molecule has 8 nitrogen and oxygen atoms in total. The number of fused-ring (bicyclic) bond motifs is 3. The highest BCUT2D eigenvalue weighted by Gasteiger charge is 2.57. The number of benzene rings is 1. The van der Waals surface area contributed by atoms with E-state index in [1.54, 1.807) is 28.8 Å². The number of rotatable bonds is 6. The van der Waals surface area contributed by atoms with Crippen LogP contribution in [0.15, 0.2) is 47.3 Å². The van der Waals surface area contributed by atoms with E-state index in [2.05, 4.69) is 5.32 Å². The second-order valence-electron chi connectivity index (χ2n) is 7.84. The number of aliphatic hydroxyl groups excluding tert-OH is 1. The highest BCUT2D eigenvalue weighted by Crippen LogP contribution is 2.49. The number of ether oxygens (including phenoxy) is 1. The zero-order valence-corrected chi connectivity index (χ0v) is 17.8. The number of hydrogen-bond donors (Lipinski definition) is 2. The van der Waals surface area contributed by atoms with Crippen LogP contribution in [0.4, 0.5) is 0 Å². The summed E-state index contributed by atoms with van der Waals surface area (Å²) in [5.74, 6) is -1.51. The van der Waals surface area contributed by atoms with E-state index < -0.39 is 18.0 Å². The van der Waals surface area contributed by atoms with Crippen molar-refractivity contribution in [2.24, 2.45) is 11.8 Å². The first kappa shape index (κ1) is 21.5. The van der Waals surface area contributed by atoms with Crippen LogP contribution in [0.1, 0.15) is 17.3 Å².